The Morgan fingerprint density at radius 2 is 1.83 bits per heavy atom. The van der Waals surface area contributed by atoms with Gasteiger partial charge in [0.15, 0.2) is 0 Å². The van der Waals surface area contributed by atoms with E-state index in [1.54, 1.807) is 18.7 Å². The lowest BCUT2D eigenvalue weighted by Crippen LogP contribution is -2.31. The molecule has 10 heteroatoms. The van der Waals surface area contributed by atoms with E-state index < -0.39 is 29.3 Å². The topological polar surface area (TPSA) is 136 Å². The van der Waals surface area contributed by atoms with Gasteiger partial charge in [-0.3, -0.25) is 19.7 Å². The van der Waals surface area contributed by atoms with Crippen LogP contribution in [0.1, 0.15) is 33.1 Å². The van der Waals surface area contributed by atoms with Crippen LogP contribution in [-0.2, 0) is 23.9 Å². The number of anilines is 1. The van der Waals surface area contributed by atoms with Gasteiger partial charge < -0.3 is 19.5 Å². The number of nitro benzene ring substituents is 1. The maximum Gasteiger partial charge on any atom is 0.335 e. The van der Waals surface area contributed by atoms with Gasteiger partial charge in [-0.05, 0) is 31.6 Å². The van der Waals surface area contributed by atoms with E-state index in [1.165, 1.54) is 31.4 Å². The minimum atomic E-state index is -1.13. The highest BCUT2D eigenvalue weighted by molar-refractivity contribution is 5.93. The number of aliphatic carboxylic acids is 1. The number of benzene rings is 1. The van der Waals surface area contributed by atoms with Crippen molar-refractivity contribution in [2.24, 2.45) is 0 Å². The molecule has 0 spiro atoms. The zero-order chi connectivity index (χ0) is 22.4. The second-order valence-corrected chi connectivity index (χ2v) is 6.44. The summed E-state index contributed by atoms with van der Waals surface area (Å²) in [6, 6.07) is 5.50. The molecule has 1 aliphatic heterocycles. The molecular weight excluding hydrogens is 396 g/mol. The van der Waals surface area contributed by atoms with E-state index in [9.17, 15) is 29.6 Å². The number of nitrogens with zero attached hydrogens (tertiary/aromatic N) is 2. The van der Waals surface area contributed by atoms with E-state index in [2.05, 4.69) is 0 Å². The zero-order valence-corrected chi connectivity index (χ0v) is 16.8. The molecule has 2 rings (SSSR count). The number of allylic oxidation sites excluding steroid dienone is 1. The fourth-order valence-electron chi connectivity index (χ4n) is 3.25. The molecule has 0 saturated heterocycles. The van der Waals surface area contributed by atoms with Crippen molar-refractivity contribution in [3.05, 3.63) is 56.9 Å². The molecule has 1 aliphatic rings. The fourth-order valence-corrected chi connectivity index (χ4v) is 3.25. The van der Waals surface area contributed by atoms with E-state index in [1.807, 2.05) is 0 Å². The summed E-state index contributed by atoms with van der Waals surface area (Å²) >= 11 is 0. The van der Waals surface area contributed by atoms with Crippen LogP contribution in [-0.4, -0.2) is 41.7 Å². The second-order valence-electron chi connectivity index (χ2n) is 6.44. The Hall–Kier alpha value is -3.69. The number of methoxy groups -OCH3 is 1. The number of hydrogen-bond acceptors (Lipinski definition) is 8. The molecule has 0 amide bonds. The number of ether oxygens (including phenoxy) is 2. The minimum absolute atomic E-state index is 0.00300. The lowest BCUT2D eigenvalue weighted by Gasteiger charge is -2.35. The summed E-state index contributed by atoms with van der Waals surface area (Å²) in [4.78, 5) is 47.9. The molecule has 30 heavy (non-hydrogen) atoms. The van der Waals surface area contributed by atoms with E-state index in [0.29, 0.717) is 22.7 Å². The molecule has 1 aromatic carbocycles. The number of carboxylic acid groups (broad SMARTS) is 1. The molecule has 0 saturated carbocycles. The van der Waals surface area contributed by atoms with Gasteiger partial charge in [-0.15, -0.1) is 0 Å². The van der Waals surface area contributed by atoms with Crippen LogP contribution in [0.4, 0.5) is 11.4 Å². The van der Waals surface area contributed by atoms with Crippen molar-refractivity contribution in [1.29, 1.82) is 0 Å². The average Bonchev–Trinajstić information content (AvgIpc) is 2.69. The zero-order valence-electron chi connectivity index (χ0n) is 16.8. The molecule has 0 radical (unpaired) electrons. The van der Waals surface area contributed by atoms with Crippen molar-refractivity contribution in [2.75, 3.05) is 18.6 Å². The largest absolute Gasteiger partial charge is 0.481 e. The fraction of sp³-hybridized carbons (Fsp3) is 0.350. The Kier molecular flexibility index (Phi) is 7.29. The first-order valence-corrected chi connectivity index (χ1v) is 9.10. The minimum Gasteiger partial charge on any atom is -0.481 e. The molecule has 0 aliphatic carbocycles. The third-order valence-electron chi connectivity index (χ3n) is 4.57. The van der Waals surface area contributed by atoms with Crippen LogP contribution in [0.3, 0.4) is 0 Å². The summed E-state index contributed by atoms with van der Waals surface area (Å²) in [5, 5.41) is 20.3. The van der Waals surface area contributed by atoms with Gasteiger partial charge in [0.25, 0.3) is 5.69 Å². The van der Waals surface area contributed by atoms with Gasteiger partial charge in [0.2, 0.25) is 0 Å². The van der Waals surface area contributed by atoms with Gasteiger partial charge in [-0.25, -0.2) is 4.79 Å². The highest BCUT2D eigenvalue weighted by Crippen LogP contribution is 2.38. The molecular formula is C20H22N2O8. The molecule has 0 bridgehead atoms. The maximum atomic E-state index is 12.3. The summed E-state index contributed by atoms with van der Waals surface area (Å²) in [6.07, 6.45) is -0.617. The predicted octanol–water partition coefficient (Wildman–Crippen LogP) is 2.93. The quantitative estimate of drug-likeness (QED) is 0.384. The normalized spacial score (nSPS) is 13.9. The number of non-ortho nitro benzene ring substituents is 1. The second kappa shape index (κ2) is 9.68. The van der Waals surface area contributed by atoms with Crippen LogP contribution in [0.2, 0.25) is 0 Å². The molecule has 1 N–H and O–H groups in total. The number of rotatable bonds is 8. The molecule has 160 valence electrons. The third kappa shape index (κ3) is 5.02. The SMILES string of the molecule is CCOC(=O)CC1=C(CC(=O)O)CC(C(=O)OC)=C(C)N1c1ccc([N+](=O)[O-])cc1. The van der Waals surface area contributed by atoms with Crippen molar-refractivity contribution in [1.82, 2.24) is 0 Å². The van der Waals surface area contributed by atoms with Crippen molar-refractivity contribution in [3.63, 3.8) is 0 Å². The van der Waals surface area contributed by atoms with Crippen LogP contribution in [0.15, 0.2) is 46.8 Å². The molecule has 1 aromatic rings. The van der Waals surface area contributed by atoms with Gasteiger partial charge >= 0.3 is 17.9 Å². The van der Waals surface area contributed by atoms with E-state index >= 15 is 0 Å². The average molecular weight is 418 g/mol. The highest BCUT2D eigenvalue weighted by Gasteiger charge is 2.32. The number of carbonyl (C=O) groups is 3. The van der Waals surface area contributed by atoms with Crippen LogP contribution < -0.4 is 4.90 Å². The first-order valence-electron chi connectivity index (χ1n) is 9.10. The van der Waals surface area contributed by atoms with Crippen molar-refractivity contribution >= 4 is 29.3 Å². The Morgan fingerprint density at radius 1 is 1.20 bits per heavy atom. The molecule has 1 heterocycles. The third-order valence-corrected chi connectivity index (χ3v) is 4.57. The first kappa shape index (κ1) is 22.6. The van der Waals surface area contributed by atoms with E-state index in [0.717, 1.165) is 0 Å². The van der Waals surface area contributed by atoms with Crippen LogP contribution >= 0.6 is 0 Å². The Morgan fingerprint density at radius 3 is 2.33 bits per heavy atom. The van der Waals surface area contributed by atoms with E-state index in [-0.39, 0.29) is 30.7 Å². The number of carboxylic acids is 1. The first-order chi connectivity index (χ1) is 14.2. The number of esters is 2. The van der Waals surface area contributed by atoms with Gasteiger partial charge in [0.05, 0.1) is 37.1 Å². The Bertz CT molecular complexity index is 931. The summed E-state index contributed by atoms with van der Waals surface area (Å²) < 4.78 is 9.85. The van der Waals surface area contributed by atoms with Gasteiger partial charge in [0, 0.05) is 35.6 Å². The number of hydrogen-bond donors (Lipinski definition) is 1. The molecule has 0 fully saturated rings. The Labute approximate surface area is 172 Å². The van der Waals surface area contributed by atoms with Gasteiger partial charge in [-0.2, -0.15) is 0 Å². The van der Waals surface area contributed by atoms with Crippen LogP contribution in [0.25, 0.3) is 0 Å². The number of nitro groups is 1. The molecule has 0 aromatic heterocycles. The Balaban J connectivity index is 2.65. The van der Waals surface area contributed by atoms with Gasteiger partial charge in [-0.1, -0.05) is 0 Å². The molecule has 0 atom stereocenters. The van der Waals surface area contributed by atoms with Crippen molar-refractivity contribution < 1.29 is 33.9 Å². The summed E-state index contributed by atoms with van der Waals surface area (Å²) in [7, 11) is 1.22. The monoisotopic (exact) mass is 418 g/mol. The van der Waals surface area contributed by atoms with Crippen molar-refractivity contribution in [3.8, 4) is 0 Å². The summed E-state index contributed by atoms with van der Waals surface area (Å²) in [5.41, 5.74) is 1.67. The van der Waals surface area contributed by atoms with Gasteiger partial charge in [0.1, 0.15) is 0 Å². The number of carbonyl (C=O) groups excluding carboxylic acids is 2. The smallest absolute Gasteiger partial charge is 0.335 e. The summed E-state index contributed by atoms with van der Waals surface area (Å²) in [6.45, 7) is 3.44. The highest BCUT2D eigenvalue weighted by atomic mass is 16.6. The lowest BCUT2D eigenvalue weighted by molar-refractivity contribution is -0.384. The standard InChI is InChI=1S/C20H22N2O8/c1-4-30-19(25)11-17-13(10-18(23)24)9-16(20(26)29-3)12(2)21(17)14-5-7-15(8-6-14)22(27)28/h5-8H,4,9-11H2,1-3H3,(H,23,24). The van der Waals surface area contributed by atoms with Crippen LogP contribution in [0, 0.1) is 10.1 Å². The molecule has 0 unspecified atom stereocenters. The predicted molar refractivity (Wildman–Crippen MR) is 105 cm³/mol. The molecule has 10 nitrogen and oxygen atoms in total. The van der Waals surface area contributed by atoms with Crippen molar-refractivity contribution in [2.45, 2.75) is 33.1 Å². The summed E-state index contributed by atoms with van der Waals surface area (Å²) in [5.74, 6) is -2.31. The van der Waals surface area contributed by atoms with Crippen LogP contribution in [0.5, 0.6) is 0 Å². The maximum absolute atomic E-state index is 12.3. The van der Waals surface area contributed by atoms with E-state index in [4.69, 9.17) is 9.47 Å². The lowest BCUT2D eigenvalue weighted by atomic mass is 9.92.